The number of anilines is 1. The Morgan fingerprint density at radius 2 is 1.68 bits per heavy atom. The number of amides is 3. The Labute approximate surface area is 217 Å². The van der Waals surface area contributed by atoms with Gasteiger partial charge in [0.2, 0.25) is 5.91 Å². The summed E-state index contributed by atoms with van der Waals surface area (Å²) in [6.07, 6.45) is 6.06. The van der Waals surface area contributed by atoms with Crippen LogP contribution in [0.15, 0.2) is 41.3 Å². The Morgan fingerprint density at radius 3 is 2.27 bits per heavy atom. The average molecular weight is 511 g/mol. The standard InChI is InChI=1S/C26H38N8O3/c1-2-31(21-9-5-20(28)6-10-21)18-19-3-7-22(8-4-19)34-12-11-23(30-26(34)37)29-25(36)33-15-13-32(14-16-33)24(35)17-27/h3-4,7-8,11-12,20-21H,2,5-6,9-10,13-18,27-28H2,1H3,(H,29,30,36,37)/t20-,21-. The monoisotopic (exact) mass is 510 g/mol. The van der Waals surface area contributed by atoms with E-state index in [2.05, 4.69) is 22.1 Å². The number of nitrogens with zero attached hydrogens (tertiary/aromatic N) is 5. The van der Waals surface area contributed by atoms with Gasteiger partial charge in [-0.2, -0.15) is 4.98 Å². The highest BCUT2D eigenvalue weighted by Crippen LogP contribution is 2.23. The van der Waals surface area contributed by atoms with Crippen LogP contribution < -0.4 is 22.5 Å². The molecule has 1 aromatic heterocycles. The first-order chi connectivity index (χ1) is 17.9. The van der Waals surface area contributed by atoms with Crippen molar-refractivity contribution in [1.82, 2.24) is 24.3 Å². The SMILES string of the molecule is CCN(Cc1ccc(-n2ccc(NC(=O)N3CCN(C(=O)CN)CC3)nc2=O)cc1)[C@H]1CC[C@H](N)CC1. The summed E-state index contributed by atoms with van der Waals surface area (Å²) in [6.45, 7) is 5.65. The molecule has 0 spiro atoms. The number of hydrogen-bond donors (Lipinski definition) is 3. The first-order valence-corrected chi connectivity index (χ1v) is 13.1. The van der Waals surface area contributed by atoms with Gasteiger partial charge in [0.1, 0.15) is 5.82 Å². The number of nitrogens with one attached hydrogen (secondary N) is 1. The zero-order chi connectivity index (χ0) is 26.4. The fraction of sp³-hybridized carbons (Fsp3) is 0.538. The topological polar surface area (TPSA) is 143 Å². The lowest BCUT2D eigenvalue weighted by Crippen LogP contribution is -2.52. The molecule has 200 valence electrons. The quantitative estimate of drug-likeness (QED) is 0.503. The minimum Gasteiger partial charge on any atom is -0.338 e. The normalized spacial score (nSPS) is 20.2. The van der Waals surface area contributed by atoms with Gasteiger partial charge in [-0.15, -0.1) is 0 Å². The molecule has 0 atom stereocenters. The lowest BCUT2D eigenvalue weighted by Gasteiger charge is -2.35. The fourth-order valence-electron chi connectivity index (χ4n) is 5.11. The van der Waals surface area contributed by atoms with Gasteiger partial charge in [-0.05, 0) is 56.0 Å². The van der Waals surface area contributed by atoms with E-state index < -0.39 is 5.69 Å². The Bertz CT molecular complexity index is 1120. The lowest BCUT2D eigenvalue weighted by atomic mass is 9.90. The molecular weight excluding hydrogens is 472 g/mol. The van der Waals surface area contributed by atoms with Crippen LogP contribution in [0.3, 0.4) is 0 Å². The second-order valence-electron chi connectivity index (χ2n) is 9.77. The molecule has 1 aromatic carbocycles. The Balaban J connectivity index is 1.34. The predicted molar refractivity (Wildman–Crippen MR) is 142 cm³/mol. The number of benzene rings is 1. The van der Waals surface area contributed by atoms with Crippen LogP contribution in [0.4, 0.5) is 10.6 Å². The molecule has 4 rings (SSSR count). The smallest absolute Gasteiger partial charge is 0.338 e. The van der Waals surface area contributed by atoms with Crippen molar-refractivity contribution in [2.75, 3.05) is 44.6 Å². The first kappa shape index (κ1) is 26.8. The van der Waals surface area contributed by atoms with Crippen molar-refractivity contribution >= 4 is 17.8 Å². The average Bonchev–Trinajstić information content (AvgIpc) is 2.92. The van der Waals surface area contributed by atoms with E-state index in [-0.39, 0.29) is 24.3 Å². The summed E-state index contributed by atoms with van der Waals surface area (Å²) < 4.78 is 1.46. The van der Waals surface area contributed by atoms with E-state index in [1.54, 1.807) is 22.1 Å². The summed E-state index contributed by atoms with van der Waals surface area (Å²) in [7, 11) is 0. The van der Waals surface area contributed by atoms with Gasteiger partial charge in [0, 0.05) is 51.0 Å². The fourth-order valence-corrected chi connectivity index (χ4v) is 5.11. The second-order valence-corrected chi connectivity index (χ2v) is 9.77. The number of carbonyl (C=O) groups is 2. The van der Waals surface area contributed by atoms with Crippen LogP contribution in [-0.2, 0) is 11.3 Å². The molecule has 0 bridgehead atoms. The zero-order valence-corrected chi connectivity index (χ0v) is 21.5. The van der Waals surface area contributed by atoms with Crippen molar-refractivity contribution in [3.63, 3.8) is 0 Å². The number of piperazine rings is 1. The van der Waals surface area contributed by atoms with E-state index in [4.69, 9.17) is 11.5 Å². The van der Waals surface area contributed by atoms with Crippen molar-refractivity contribution in [2.45, 2.75) is 51.2 Å². The van der Waals surface area contributed by atoms with Crippen molar-refractivity contribution in [2.24, 2.45) is 11.5 Å². The molecule has 1 aliphatic carbocycles. The maximum atomic E-state index is 12.7. The van der Waals surface area contributed by atoms with Gasteiger partial charge in [0.25, 0.3) is 0 Å². The summed E-state index contributed by atoms with van der Waals surface area (Å²) in [5.41, 5.74) is 12.9. The molecule has 11 heteroatoms. The number of carbonyl (C=O) groups excluding carboxylic acids is 2. The van der Waals surface area contributed by atoms with Crippen LogP contribution in [0.5, 0.6) is 0 Å². The molecule has 1 aliphatic heterocycles. The van der Waals surface area contributed by atoms with Crippen molar-refractivity contribution < 1.29 is 9.59 Å². The molecule has 2 aliphatic rings. The third-order valence-electron chi connectivity index (χ3n) is 7.40. The summed E-state index contributed by atoms with van der Waals surface area (Å²) in [5.74, 6) is 0.0598. The maximum absolute atomic E-state index is 12.7. The van der Waals surface area contributed by atoms with Crippen molar-refractivity contribution in [3.8, 4) is 5.69 Å². The molecular formula is C26H38N8O3. The first-order valence-electron chi connectivity index (χ1n) is 13.1. The summed E-state index contributed by atoms with van der Waals surface area (Å²) in [4.78, 5) is 46.8. The van der Waals surface area contributed by atoms with E-state index in [1.807, 2.05) is 24.3 Å². The highest BCUT2D eigenvalue weighted by Gasteiger charge is 2.24. The van der Waals surface area contributed by atoms with Crippen LogP contribution >= 0.6 is 0 Å². The molecule has 1 saturated carbocycles. The molecule has 2 heterocycles. The molecule has 11 nitrogen and oxygen atoms in total. The highest BCUT2D eigenvalue weighted by atomic mass is 16.2. The van der Waals surface area contributed by atoms with Gasteiger partial charge >= 0.3 is 11.7 Å². The van der Waals surface area contributed by atoms with E-state index in [0.717, 1.165) is 38.8 Å². The van der Waals surface area contributed by atoms with Gasteiger partial charge in [-0.3, -0.25) is 19.6 Å². The van der Waals surface area contributed by atoms with E-state index in [9.17, 15) is 14.4 Å². The van der Waals surface area contributed by atoms with Gasteiger partial charge in [-0.25, -0.2) is 9.59 Å². The minimum absolute atomic E-state index is 0.0393. The number of nitrogens with two attached hydrogens (primary N) is 2. The molecule has 2 fully saturated rings. The predicted octanol–water partition coefficient (Wildman–Crippen LogP) is 0.959. The molecule has 37 heavy (non-hydrogen) atoms. The lowest BCUT2D eigenvalue weighted by molar-refractivity contribution is -0.131. The Hall–Kier alpha value is -3.28. The van der Waals surface area contributed by atoms with Crippen LogP contribution in [0, 0.1) is 0 Å². The second kappa shape index (κ2) is 12.3. The van der Waals surface area contributed by atoms with Crippen LogP contribution in [-0.4, -0.2) is 87.5 Å². The van der Waals surface area contributed by atoms with Gasteiger partial charge < -0.3 is 21.3 Å². The molecule has 3 amide bonds. The van der Waals surface area contributed by atoms with E-state index in [1.165, 1.54) is 10.1 Å². The van der Waals surface area contributed by atoms with E-state index >= 15 is 0 Å². The summed E-state index contributed by atoms with van der Waals surface area (Å²) >= 11 is 0. The third kappa shape index (κ3) is 6.73. The number of hydrogen-bond acceptors (Lipinski definition) is 7. The molecule has 5 N–H and O–H groups in total. The van der Waals surface area contributed by atoms with Crippen LogP contribution in [0.1, 0.15) is 38.2 Å². The molecule has 2 aromatic rings. The number of aromatic nitrogens is 2. The Morgan fingerprint density at radius 1 is 1.03 bits per heavy atom. The zero-order valence-electron chi connectivity index (χ0n) is 21.5. The molecule has 0 radical (unpaired) electrons. The maximum Gasteiger partial charge on any atom is 0.354 e. The number of rotatable bonds is 7. The van der Waals surface area contributed by atoms with Gasteiger partial charge in [-0.1, -0.05) is 19.1 Å². The summed E-state index contributed by atoms with van der Waals surface area (Å²) in [6, 6.07) is 10.1. The molecule has 1 saturated heterocycles. The van der Waals surface area contributed by atoms with Crippen LogP contribution in [0.25, 0.3) is 5.69 Å². The van der Waals surface area contributed by atoms with E-state index in [0.29, 0.717) is 44.0 Å². The van der Waals surface area contributed by atoms with Gasteiger partial charge in [0.05, 0.1) is 12.2 Å². The highest BCUT2D eigenvalue weighted by molar-refractivity contribution is 5.88. The van der Waals surface area contributed by atoms with Crippen molar-refractivity contribution in [3.05, 3.63) is 52.6 Å². The number of urea groups is 1. The largest absolute Gasteiger partial charge is 0.354 e. The molecule has 0 unspecified atom stereocenters. The third-order valence-corrected chi connectivity index (χ3v) is 7.40. The summed E-state index contributed by atoms with van der Waals surface area (Å²) in [5, 5.41) is 2.68. The minimum atomic E-state index is -0.474. The van der Waals surface area contributed by atoms with Gasteiger partial charge in [0.15, 0.2) is 0 Å². The van der Waals surface area contributed by atoms with Crippen LogP contribution in [0.2, 0.25) is 0 Å². The van der Waals surface area contributed by atoms with Crippen molar-refractivity contribution in [1.29, 1.82) is 0 Å². The Kier molecular flexibility index (Phi) is 8.91.